The number of rotatable bonds is 3. The summed E-state index contributed by atoms with van der Waals surface area (Å²) in [6.07, 6.45) is 0.761. The molecule has 0 bridgehead atoms. The van der Waals surface area contributed by atoms with Crippen LogP contribution in [0.15, 0.2) is 12.1 Å². The maximum atomic E-state index is 8.85. The topological polar surface area (TPSA) is 48.7 Å². The molecule has 3 heteroatoms. The molecule has 1 aromatic heterocycles. The van der Waals surface area contributed by atoms with Crippen LogP contribution in [0.25, 0.3) is 0 Å². The van der Waals surface area contributed by atoms with Crippen molar-refractivity contribution in [1.82, 2.24) is 4.98 Å². The molecule has 1 rings (SSSR count). The number of nitrogens with zero attached hydrogens (tertiary/aromatic N) is 2. The molecule has 0 atom stereocenters. The molecule has 0 spiro atoms. The van der Waals surface area contributed by atoms with Gasteiger partial charge in [0, 0.05) is 18.7 Å². The molecule has 0 aliphatic rings. The van der Waals surface area contributed by atoms with Crippen LogP contribution in [-0.2, 0) is 0 Å². The Morgan fingerprint density at radius 2 is 2.27 bits per heavy atom. The Balaban J connectivity index is 2.69. The lowest BCUT2D eigenvalue weighted by Gasteiger charge is -2.05. The lowest BCUT2D eigenvalue weighted by atomic mass is 10.2. The second kappa shape index (κ2) is 5.67. The predicted molar refractivity (Wildman–Crippen MR) is 60.2 cm³/mol. The number of hydrogen-bond donors (Lipinski definition) is 1. The summed E-state index contributed by atoms with van der Waals surface area (Å²) >= 11 is 0. The highest BCUT2D eigenvalue weighted by Crippen LogP contribution is 2.11. The van der Waals surface area contributed by atoms with Gasteiger partial charge in [-0.1, -0.05) is 0 Å². The molecule has 0 saturated heterocycles. The molecule has 0 fully saturated rings. The number of hydrogen-bond acceptors (Lipinski definition) is 3. The van der Waals surface area contributed by atoms with Gasteiger partial charge in [0.15, 0.2) is 0 Å². The van der Waals surface area contributed by atoms with E-state index in [4.69, 9.17) is 5.26 Å². The van der Waals surface area contributed by atoms with Crippen LogP contribution in [0.3, 0.4) is 0 Å². The van der Waals surface area contributed by atoms with Crippen molar-refractivity contribution in [2.24, 2.45) is 0 Å². The second-order valence-electron chi connectivity index (χ2n) is 3.06. The Kier molecular flexibility index (Phi) is 4.19. The Bertz CT molecular complexity index is 432. The minimum Gasteiger partial charge on any atom is -0.368 e. The van der Waals surface area contributed by atoms with Crippen LogP contribution in [0, 0.1) is 30.1 Å². The summed E-state index contributed by atoms with van der Waals surface area (Å²) in [6, 6.07) is 5.71. The van der Waals surface area contributed by atoms with Gasteiger partial charge < -0.3 is 5.32 Å². The molecule has 0 radical (unpaired) electrons. The average molecular weight is 199 g/mol. The Morgan fingerprint density at radius 1 is 1.47 bits per heavy atom. The second-order valence-corrected chi connectivity index (χ2v) is 3.06. The molecule has 1 N–H and O–H groups in total. The van der Waals surface area contributed by atoms with E-state index in [1.807, 2.05) is 19.9 Å². The van der Waals surface area contributed by atoms with E-state index in [1.165, 1.54) is 0 Å². The molecule has 0 aliphatic heterocycles. The number of anilines is 1. The van der Waals surface area contributed by atoms with Gasteiger partial charge in [-0.05, 0) is 26.0 Å². The van der Waals surface area contributed by atoms with Gasteiger partial charge in [-0.25, -0.2) is 4.98 Å². The molecule has 0 unspecified atom stereocenters. The van der Waals surface area contributed by atoms with E-state index in [-0.39, 0.29) is 0 Å². The monoisotopic (exact) mass is 199 g/mol. The molecule has 1 heterocycles. The molecule has 15 heavy (non-hydrogen) atoms. The molecule has 0 amide bonds. The SMILES string of the molecule is CC#CCCNc1nc(C)ccc1C#N. The summed E-state index contributed by atoms with van der Waals surface area (Å²) in [4.78, 5) is 4.26. The maximum absolute atomic E-state index is 8.85. The first kappa shape index (κ1) is 11.1. The van der Waals surface area contributed by atoms with Crippen molar-refractivity contribution in [1.29, 1.82) is 5.26 Å². The van der Waals surface area contributed by atoms with Crippen LogP contribution in [0.2, 0.25) is 0 Å². The Morgan fingerprint density at radius 3 is 2.93 bits per heavy atom. The molecule has 76 valence electrons. The maximum Gasteiger partial charge on any atom is 0.144 e. The van der Waals surface area contributed by atoms with Gasteiger partial charge in [-0.3, -0.25) is 0 Å². The molecule has 0 aliphatic carbocycles. The molecule has 0 aromatic carbocycles. The zero-order chi connectivity index (χ0) is 11.1. The number of pyridine rings is 1. The van der Waals surface area contributed by atoms with Gasteiger partial charge in [0.1, 0.15) is 11.9 Å². The van der Waals surface area contributed by atoms with Crippen LogP contribution < -0.4 is 5.32 Å². The van der Waals surface area contributed by atoms with Crippen LogP contribution in [-0.4, -0.2) is 11.5 Å². The highest BCUT2D eigenvalue weighted by atomic mass is 15.0. The van der Waals surface area contributed by atoms with E-state index in [9.17, 15) is 0 Å². The Hall–Kier alpha value is -2.00. The standard InChI is InChI=1S/C12H13N3/c1-3-4-5-8-14-12-11(9-13)7-6-10(2)15-12/h6-7H,5,8H2,1-2H3,(H,14,15). The van der Waals surface area contributed by atoms with Crippen molar-refractivity contribution >= 4 is 5.82 Å². The van der Waals surface area contributed by atoms with Gasteiger partial charge in [-0.2, -0.15) is 5.26 Å². The van der Waals surface area contributed by atoms with Crippen molar-refractivity contribution in [2.75, 3.05) is 11.9 Å². The first-order valence-electron chi connectivity index (χ1n) is 4.79. The number of aromatic nitrogens is 1. The van der Waals surface area contributed by atoms with Gasteiger partial charge in [0.25, 0.3) is 0 Å². The average Bonchev–Trinajstić information content (AvgIpc) is 2.25. The van der Waals surface area contributed by atoms with Crippen molar-refractivity contribution < 1.29 is 0 Å². The third kappa shape index (κ3) is 3.32. The van der Waals surface area contributed by atoms with Crippen molar-refractivity contribution in [2.45, 2.75) is 20.3 Å². The number of nitriles is 1. The van der Waals surface area contributed by atoms with E-state index < -0.39 is 0 Å². The Labute approximate surface area is 90.1 Å². The van der Waals surface area contributed by atoms with E-state index >= 15 is 0 Å². The van der Waals surface area contributed by atoms with Crippen molar-refractivity contribution in [3.05, 3.63) is 23.4 Å². The first-order chi connectivity index (χ1) is 7.27. The highest BCUT2D eigenvalue weighted by molar-refractivity contribution is 5.52. The van der Waals surface area contributed by atoms with Crippen molar-refractivity contribution in [3.8, 4) is 17.9 Å². The number of aryl methyl sites for hydroxylation is 1. The lowest BCUT2D eigenvalue weighted by molar-refractivity contribution is 1.05. The minimum atomic E-state index is 0.574. The van der Waals surface area contributed by atoms with Gasteiger partial charge in [0.2, 0.25) is 0 Å². The predicted octanol–water partition coefficient (Wildman–Crippen LogP) is 2.09. The molecule has 1 aromatic rings. The fourth-order valence-electron chi connectivity index (χ4n) is 1.15. The minimum absolute atomic E-state index is 0.574. The quantitative estimate of drug-likeness (QED) is 0.599. The summed E-state index contributed by atoms with van der Waals surface area (Å²) < 4.78 is 0. The van der Waals surface area contributed by atoms with Crippen molar-refractivity contribution in [3.63, 3.8) is 0 Å². The summed E-state index contributed by atoms with van der Waals surface area (Å²) in [6.45, 7) is 4.43. The fourth-order valence-corrected chi connectivity index (χ4v) is 1.15. The molecule has 0 saturated carbocycles. The number of nitrogens with one attached hydrogen (secondary N) is 1. The third-order valence-corrected chi connectivity index (χ3v) is 1.87. The largest absolute Gasteiger partial charge is 0.368 e. The van der Waals surface area contributed by atoms with Gasteiger partial charge in [-0.15, -0.1) is 11.8 Å². The van der Waals surface area contributed by atoms with Crippen LogP contribution >= 0.6 is 0 Å². The summed E-state index contributed by atoms with van der Waals surface area (Å²) in [5.74, 6) is 6.41. The fraction of sp³-hybridized carbons (Fsp3) is 0.333. The lowest BCUT2D eigenvalue weighted by Crippen LogP contribution is -2.05. The normalized spacial score (nSPS) is 8.60. The van der Waals surface area contributed by atoms with E-state index in [1.54, 1.807) is 6.07 Å². The zero-order valence-corrected chi connectivity index (χ0v) is 8.96. The van der Waals surface area contributed by atoms with Gasteiger partial charge >= 0.3 is 0 Å². The first-order valence-corrected chi connectivity index (χ1v) is 4.79. The molecule has 3 nitrogen and oxygen atoms in total. The highest BCUT2D eigenvalue weighted by Gasteiger charge is 2.01. The van der Waals surface area contributed by atoms with Crippen LogP contribution in [0.5, 0.6) is 0 Å². The van der Waals surface area contributed by atoms with Crippen LogP contribution in [0.1, 0.15) is 24.6 Å². The summed E-state index contributed by atoms with van der Waals surface area (Å²) in [5.41, 5.74) is 1.48. The zero-order valence-electron chi connectivity index (χ0n) is 8.96. The molecular weight excluding hydrogens is 186 g/mol. The smallest absolute Gasteiger partial charge is 0.144 e. The molecular formula is C12H13N3. The third-order valence-electron chi connectivity index (χ3n) is 1.87. The van der Waals surface area contributed by atoms with E-state index in [0.717, 1.165) is 12.1 Å². The van der Waals surface area contributed by atoms with Gasteiger partial charge in [0.05, 0.1) is 5.56 Å². The summed E-state index contributed by atoms with van der Waals surface area (Å²) in [5, 5.41) is 12.0. The van der Waals surface area contributed by atoms with E-state index in [2.05, 4.69) is 28.2 Å². The van der Waals surface area contributed by atoms with E-state index in [0.29, 0.717) is 17.9 Å². The summed E-state index contributed by atoms with van der Waals surface area (Å²) in [7, 11) is 0. The van der Waals surface area contributed by atoms with Crippen LogP contribution in [0.4, 0.5) is 5.82 Å².